The molecule has 0 aromatic rings. The molecule has 1 fully saturated rings. The molecule has 2 nitrogen and oxygen atoms in total. The fourth-order valence-electron chi connectivity index (χ4n) is 0.751. The molecule has 1 rings (SSSR count). The molecule has 5 heteroatoms. The lowest BCUT2D eigenvalue weighted by Crippen LogP contribution is -2.12. The molecule has 0 aromatic heterocycles. The van der Waals surface area contributed by atoms with Crippen molar-refractivity contribution in [3.63, 3.8) is 0 Å². The van der Waals surface area contributed by atoms with Crippen molar-refractivity contribution in [3.05, 3.63) is 0 Å². The van der Waals surface area contributed by atoms with Crippen LogP contribution in [0, 0.1) is 0 Å². The minimum Gasteiger partial charge on any atom is -0.227 e. The van der Waals surface area contributed by atoms with E-state index in [9.17, 15) is 8.42 Å². The fourth-order valence-corrected chi connectivity index (χ4v) is 4.96. The summed E-state index contributed by atoms with van der Waals surface area (Å²) in [5.74, 6) is 0. The molecule has 0 unspecified atom stereocenters. The van der Waals surface area contributed by atoms with Crippen molar-refractivity contribution < 1.29 is 8.42 Å². The number of alkyl halides is 2. The molecule has 0 spiro atoms. The Balaban J connectivity index is 2.93. The standard InChI is InChI=1S/C4H6Br2O2S/c5-3-1-2-4(6)9(3,7)8/h3-4H,1-2H2/t3-,4-/m1/s1. The van der Waals surface area contributed by atoms with Gasteiger partial charge in [-0.05, 0) is 12.8 Å². The Morgan fingerprint density at radius 2 is 1.44 bits per heavy atom. The highest BCUT2D eigenvalue weighted by Crippen LogP contribution is 2.34. The average molecular weight is 278 g/mol. The van der Waals surface area contributed by atoms with Gasteiger partial charge in [0.2, 0.25) is 0 Å². The van der Waals surface area contributed by atoms with E-state index in [0.717, 1.165) is 12.8 Å². The lowest BCUT2D eigenvalue weighted by Gasteiger charge is -1.99. The van der Waals surface area contributed by atoms with Crippen LogP contribution < -0.4 is 0 Å². The number of hydrogen-bond acceptors (Lipinski definition) is 2. The maximum atomic E-state index is 11.0. The van der Waals surface area contributed by atoms with Gasteiger partial charge in [-0.15, -0.1) is 0 Å². The van der Waals surface area contributed by atoms with Crippen molar-refractivity contribution in [2.75, 3.05) is 0 Å². The third kappa shape index (κ3) is 1.33. The molecular weight excluding hydrogens is 272 g/mol. The summed E-state index contributed by atoms with van der Waals surface area (Å²) in [6.45, 7) is 0. The molecule has 0 N–H and O–H groups in total. The largest absolute Gasteiger partial charge is 0.227 e. The number of hydrogen-bond donors (Lipinski definition) is 0. The molecule has 0 radical (unpaired) electrons. The Morgan fingerprint density at radius 3 is 1.56 bits per heavy atom. The lowest BCUT2D eigenvalue weighted by molar-refractivity contribution is 0.599. The van der Waals surface area contributed by atoms with Crippen molar-refractivity contribution in [2.45, 2.75) is 21.2 Å². The highest BCUT2D eigenvalue weighted by atomic mass is 79.9. The van der Waals surface area contributed by atoms with Crippen LogP contribution in [0.2, 0.25) is 0 Å². The van der Waals surface area contributed by atoms with E-state index in [4.69, 9.17) is 0 Å². The minimum atomic E-state index is -2.87. The summed E-state index contributed by atoms with van der Waals surface area (Å²) in [4.78, 5) is 0. The highest BCUT2D eigenvalue weighted by molar-refractivity contribution is 9.13. The molecule has 54 valence electrons. The summed E-state index contributed by atoms with van der Waals surface area (Å²) in [5, 5.41) is 0. The van der Waals surface area contributed by atoms with Crippen LogP contribution in [0.1, 0.15) is 12.8 Å². The normalized spacial score (nSPS) is 41.1. The quantitative estimate of drug-likeness (QED) is 0.631. The van der Waals surface area contributed by atoms with Gasteiger partial charge in [-0.25, -0.2) is 8.42 Å². The van der Waals surface area contributed by atoms with Crippen molar-refractivity contribution in [3.8, 4) is 0 Å². The molecule has 1 aliphatic rings. The zero-order chi connectivity index (χ0) is 7.07. The zero-order valence-electron chi connectivity index (χ0n) is 4.55. The van der Waals surface area contributed by atoms with Gasteiger partial charge in [-0.1, -0.05) is 31.9 Å². The van der Waals surface area contributed by atoms with Crippen molar-refractivity contribution >= 4 is 41.7 Å². The predicted molar refractivity (Wildman–Crippen MR) is 43.6 cm³/mol. The van der Waals surface area contributed by atoms with Gasteiger partial charge in [0.15, 0.2) is 9.84 Å². The molecule has 1 aliphatic heterocycles. The molecule has 1 saturated heterocycles. The van der Waals surface area contributed by atoms with Gasteiger partial charge < -0.3 is 0 Å². The zero-order valence-corrected chi connectivity index (χ0v) is 8.54. The Morgan fingerprint density at radius 1 is 1.11 bits per heavy atom. The SMILES string of the molecule is O=S1(=O)[C@@H](Br)CC[C@@H]1Br. The van der Waals surface area contributed by atoms with Crippen LogP contribution in [0.5, 0.6) is 0 Å². The van der Waals surface area contributed by atoms with Crippen LogP contribution in [0.25, 0.3) is 0 Å². The topological polar surface area (TPSA) is 34.1 Å². The molecule has 0 aliphatic carbocycles. The Bertz CT molecular complexity index is 183. The van der Waals surface area contributed by atoms with Crippen molar-refractivity contribution in [2.24, 2.45) is 0 Å². The van der Waals surface area contributed by atoms with Crippen LogP contribution in [0.15, 0.2) is 0 Å². The van der Waals surface area contributed by atoms with Crippen LogP contribution in [-0.2, 0) is 9.84 Å². The number of sulfone groups is 1. The molecule has 9 heavy (non-hydrogen) atoms. The van der Waals surface area contributed by atoms with E-state index in [1.165, 1.54) is 0 Å². The molecule has 2 atom stereocenters. The van der Waals surface area contributed by atoms with Gasteiger partial charge >= 0.3 is 0 Å². The predicted octanol–water partition coefficient (Wildman–Crippen LogP) is 1.64. The minimum absolute atomic E-state index is 0.325. The summed E-state index contributed by atoms with van der Waals surface area (Å²) in [6, 6.07) is 0. The maximum absolute atomic E-state index is 11.0. The maximum Gasteiger partial charge on any atom is 0.175 e. The van der Waals surface area contributed by atoms with Crippen LogP contribution in [-0.4, -0.2) is 16.7 Å². The Hall–Kier alpha value is 0.910. The molecule has 0 saturated carbocycles. The summed E-state index contributed by atoms with van der Waals surface area (Å²) in [5.41, 5.74) is 0. The first kappa shape index (κ1) is 8.01. The Labute approximate surface area is 71.2 Å². The van der Waals surface area contributed by atoms with Gasteiger partial charge in [0.1, 0.15) is 8.32 Å². The summed E-state index contributed by atoms with van der Waals surface area (Å²) in [7, 11) is -2.87. The summed E-state index contributed by atoms with van der Waals surface area (Å²) >= 11 is 6.16. The van der Waals surface area contributed by atoms with Gasteiger partial charge in [0.05, 0.1) is 0 Å². The van der Waals surface area contributed by atoms with Gasteiger partial charge in [0, 0.05) is 0 Å². The van der Waals surface area contributed by atoms with Gasteiger partial charge in [-0.3, -0.25) is 0 Å². The van der Waals surface area contributed by atoms with E-state index < -0.39 is 9.84 Å². The first-order chi connectivity index (χ1) is 4.05. The highest BCUT2D eigenvalue weighted by Gasteiger charge is 2.37. The van der Waals surface area contributed by atoms with Gasteiger partial charge in [0.25, 0.3) is 0 Å². The van der Waals surface area contributed by atoms with E-state index in [1.807, 2.05) is 0 Å². The smallest absolute Gasteiger partial charge is 0.175 e. The van der Waals surface area contributed by atoms with Crippen LogP contribution in [0.3, 0.4) is 0 Å². The monoisotopic (exact) mass is 276 g/mol. The average Bonchev–Trinajstić information content (AvgIpc) is 1.96. The van der Waals surface area contributed by atoms with Crippen molar-refractivity contribution in [1.82, 2.24) is 0 Å². The van der Waals surface area contributed by atoms with Crippen molar-refractivity contribution in [1.29, 1.82) is 0 Å². The Kier molecular flexibility index (Phi) is 2.23. The number of rotatable bonds is 0. The first-order valence-corrected chi connectivity index (χ1v) is 6.00. The van der Waals surface area contributed by atoms with E-state index in [0.29, 0.717) is 0 Å². The molecule has 0 bridgehead atoms. The molecular formula is C4H6Br2O2S. The van der Waals surface area contributed by atoms with E-state index in [1.54, 1.807) is 0 Å². The third-order valence-electron chi connectivity index (χ3n) is 1.33. The third-order valence-corrected chi connectivity index (χ3v) is 7.27. The van der Waals surface area contributed by atoms with E-state index in [-0.39, 0.29) is 8.32 Å². The second-order valence-corrected chi connectivity index (χ2v) is 7.73. The van der Waals surface area contributed by atoms with Crippen LogP contribution >= 0.6 is 31.9 Å². The van der Waals surface area contributed by atoms with E-state index >= 15 is 0 Å². The molecule has 1 heterocycles. The second-order valence-electron chi connectivity index (χ2n) is 1.99. The van der Waals surface area contributed by atoms with Crippen LogP contribution in [0.4, 0.5) is 0 Å². The second kappa shape index (κ2) is 2.51. The molecule has 0 amide bonds. The van der Waals surface area contributed by atoms with E-state index in [2.05, 4.69) is 31.9 Å². The summed E-state index contributed by atoms with van der Waals surface area (Å²) in [6.07, 6.45) is 1.44. The van der Waals surface area contributed by atoms with Gasteiger partial charge in [-0.2, -0.15) is 0 Å². The fraction of sp³-hybridized carbons (Fsp3) is 1.00. The number of halogens is 2. The lowest BCUT2D eigenvalue weighted by atomic mass is 10.4. The first-order valence-electron chi connectivity index (χ1n) is 2.56. The molecule has 0 aromatic carbocycles. The summed E-state index contributed by atoms with van der Waals surface area (Å²) < 4.78 is 21.3.